The number of hydrogen-bond donors (Lipinski definition) is 2. The second kappa shape index (κ2) is 8.14. The van der Waals surface area contributed by atoms with Gasteiger partial charge in [-0.25, -0.2) is 27.1 Å². The highest BCUT2D eigenvalue weighted by Crippen LogP contribution is 2.37. The lowest BCUT2D eigenvalue weighted by Crippen LogP contribution is -2.43. The first-order valence-electron chi connectivity index (χ1n) is 8.74. The van der Waals surface area contributed by atoms with Gasteiger partial charge in [-0.05, 0) is 24.5 Å². The van der Waals surface area contributed by atoms with E-state index < -0.39 is 34.0 Å². The molecule has 0 spiro atoms. The highest BCUT2D eigenvalue weighted by atomic mass is 35.5. The van der Waals surface area contributed by atoms with Crippen molar-refractivity contribution >= 4 is 27.6 Å². The monoisotopic (exact) mass is 430 g/mol. The van der Waals surface area contributed by atoms with E-state index in [0.717, 1.165) is 6.20 Å². The van der Waals surface area contributed by atoms with E-state index in [4.69, 9.17) is 16.7 Å². The Bertz CT molecular complexity index is 964. The second-order valence-corrected chi connectivity index (χ2v) is 9.29. The van der Waals surface area contributed by atoms with Gasteiger partial charge in [0.05, 0.1) is 24.1 Å². The number of aromatic nitrogens is 3. The number of carboxylic acid groups (broad SMARTS) is 1. The smallest absolute Gasteiger partial charge is 0.304 e. The molecule has 2 atom stereocenters. The summed E-state index contributed by atoms with van der Waals surface area (Å²) in [5.41, 5.74) is 1.15. The number of aromatic amines is 1. The molecule has 0 unspecified atom stereocenters. The molecule has 0 saturated carbocycles. The molecule has 0 amide bonds. The number of halogens is 2. The Hall–Kier alpha value is -2.04. The van der Waals surface area contributed by atoms with E-state index in [0.29, 0.717) is 23.6 Å². The van der Waals surface area contributed by atoms with Gasteiger partial charge in [0, 0.05) is 19.0 Å². The molecular weight excluding hydrogens is 411 g/mol. The molecule has 1 saturated heterocycles. The summed E-state index contributed by atoms with van der Waals surface area (Å²) in [6.07, 6.45) is 1.19. The Balaban J connectivity index is 1.74. The molecule has 0 bridgehead atoms. The number of hydrogen-bond acceptors (Lipinski definition) is 5. The van der Waals surface area contributed by atoms with Crippen LogP contribution in [-0.4, -0.2) is 57.6 Å². The molecule has 3 rings (SSSR count). The number of carbonyl (C=O) groups is 1. The number of H-pyrrole nitrogens is 1. The molecule has 0 aromatic carbocycles. The number of nitrogens with one attached hydrogen (secondary N) is 1. The van der Waals surface area contributed by atoms with Crippen LogP contribution in [0.4, 0.5) is 4.39 Å². The Morgan fingerprint density at radius 1 is 1.46 bits per heavy atom. The highest BCUT2D eigenvalue weighted by Gasteiger charge is 2.35. The molecule has 1 aliphatic heterocycles. The van der Waals surface area contributed by atoms with Gasteiger partial charge in [-0.1, -0.05) is 18.5 Å². The minimum Gasteiger partial charge on any atom is -0.481 e. The van der Waals surface area contributed by atoms with Crippen LogP contribution in [0.2, 0.25) is 5.15 Å². The molecule has 3 heterocycles. The zero-order chi connectivity index (χ0) is 20.5. The molecule has 8 nitrogen and oxygen atoms in total. The topological polar surface area (TPSA) is 116 Å². The zero-order valence-electron chi connectivity index (χ0n) is 15.1. The van der Waals surface area contributed by atoms with Crippen LogP contribution in [0.5, 0.6) is 0 Å². The van der Waals surface area contributed by atoms with Crippen molar-refractivity contribution in [2.75, 3.05) is 18.8 Å². The van der Waals surface area contributed by atoms with Gasteiger partial charge in [0.25, 0.3) is 0 Å². The predicted octanol–water partition coefficient (Wildman–Crippen LogP) is 2.49. The molecular formula is C17H20ClFN4O4S. The molecule has 2 N–H and O–H groups in total. The van der Waals surface area contributed by atoms with Crippen LogP contribution in [0.25, 0.3) is 11.5 Å². The Kier molecular flexibility index (Phi) is 6.01. The lowest BCUT2D eigenvalue weighted by Gasteiger charge is -2.35. The summed E-state index contributed by atoms with van der Waals surface area (Å²) in [6, 6.07) is 2.77. The largest absolute Gasteiger partial charge is 0.481 e. The summed E-state index contributed by atoms with van der Waals surface area (Å²) in [6.45, 7) is 2.46. The van der Waals surface area contributed by atoms with E-state index in [2.05, 4.69) is 15.0 Å². The van der Waals surface area contributed by atoms with E-state index in [9.17, 15) is 17.6 Å². The fraction of sp³-hybridized carbons (Fsp3) is 0.471. The van der Waals surface area contributed by atoms with Crippen LogP contribution in [0.1, 0.15) is 31.4 Å². The van der Waals surface area contributed by atoms with Gasteiger partial charge in [0.1, 0.15) is 11.5 Å². The fourth-order valence-corrected chi connectivity index (χ4v) is 5.19. The molecule has 0 radical (unpaired) electrons. The van der Waals surface area contributed by atoms with E-state index in [1.807, 2.05) is 6.92 Å². The maximum absolute atomic E-state index is 13.1. The summed E-state index contributed by atoms with van der Waals surface area (Å²) in [5.74, 6) is -1.68. The SMILES string of the molecule is C[C@H]1CN(S(=O)(=O)CCC(=O)O)CC[C@H]1c1[nH]c(-c2ccc(F)cn2)nc1Cl. The molecule has 2 aromatic heterocycles. The van der Waals surface area contributed by atoms with Crippen LogP contribution >= 0.6 is 11.6 Å². The van der Waals surface area contributed by atoms with Crippen molar-refractivity contribution in [1.82, 2.24) is 19.3 Å². The number of aliphatic carboxylic acids is 1. The van der Waals surface area contributed by atoms with E-state index in [1.54, 1.807) is 0 Å². The average Bonchev–Trinajstić information content (AvgIpc) is 3.02. The summed E-state index contributed by atoms with van der Waals surface area (Å²) >= 11 is 6.29. The number of carboxylic acids is 1. The van der Waals surface area contributed by atoms with Crippen molar-refractivity contribution in [1.29, 1.82) is 0 Å². The normalized spacial score (nSPS) is 21.0. The zero-order valence-corrected chi connectivity index (χ0v) is 16.7. The molecule has 1 aliphatic rings. The van der Waals surface area contributed by atoms with Gasteiger partial charge in [-0.15, -0.1) is 0 Å². The summed E-state index contributed by atoms with van der Waals surface area (Å²) in [5, 5.41) is 9.00. The minimum absolute atomic E-state index is 0.0416. The maximum atomic E-state index is 13.1. The Labute approximate surface area is 166 Å². The molecule has 2 aromatic rings. The van der Waals surface area contributed by atoms with Crippen LogP contribution in [0.15, 0.2) is 18.3 Å². The van der Waals surface area contributed by atoms with Crippen molar-refractivity contribution in [2.45, 2.75) is 25.7 Å². The van der Waals surface area contributed by atoms with Crippen LogP contribution in [-0.2, 0) is 14.8 Å². The summed E-state index contributed by atoms with van der Waals surface area (Å²) < 4.78 is 39.1. The van der Waals surface area contributed by atoms with Gasteiger partial charge in [0.15, 0.2) is 11.0 Å². The van der Waals surface area contributed by atoms with Gasteiger partial charge >= 0.3 is 5.97 Å². The first-order chi connectivity index (χ1) is 13.2. The van der Waals surface area contributed by atoms with Gasteiger partial charge < -0.3 is 10.1 Å². The molecule has 152 valence electrons. The number of nitrogens with zero attached hydrogens (tertiary/aromatic N) is 3. The Morgan fingerprint density at radius 2 is 2.21 bits per heavy atom. The van der Waals surface area contributed by atoms with Crippen molar-refractivity contribution in [3.05, 3.63) is 35.0 Å². The number of rotatable bonds is 6. The first-order valence-corrected chi connectivity index (χ1v) is 10.7. The second-order valence-electron chi connectivity index (χ2n) is 6.84. The number of sulfonamides is 1. The van der Waals surface area contributed by atoms with Gasteiger partial charge in [-0.3, -0.25) is 4.79 Å². The van der Waals surface area contributed by atoms with Crippen molar-refractivity contribution in [3.63, 3.8) is 0 Å². The van der Waals surface area contributed by atoms with Crippen molar-refractivity contribution in [2.24, 2.45) is 5.92 Å². The average molecular weight is 431 g/mol. The third-order valence-corrected chi connectivity index (χ3v) is 6.99. The van der Waals surface area contributed by atoms with Crippen molar-refractivity contribution in [3.8, 4) is 11.5 Å². The lowest BCUT2D eigenvalue weighted by molar-refractivity contribution is -0.136. The molecule has 11 heteroatoms. The van der Waals surface area contributed by atoms with Crippen molar-refractivity contribution < 1.29 is 22.7 Å². The van der Waals surface area contributed by atoms with Crippen LogP contribution in [0, 0.1) is 11.7 Å². The van der Waals surface area contributed by atoms with Crippen LogP contribution < -0.4 is 0 Å². The summed E-state index contributed by atoms with van der Waals surface area (Å²) in [7, 11) is -3.62. The lowest BCUT2D eigenvalue weighted by atomic mass is 9.86. The first kappa shape index (κ1) is 20.7. The molecule has 28 heavy (non-hydrogen) atoms. The Morgan fingerprint density at radius 3 is 2.82 bits per heavy atom. The summed E-state index contributed by atoms with van der Waals surface area (Å²) in [4.78, 5) is 22.1. The maximum Gasteiger partial charge on any atom is 0.304 e. The van der Waals surface area contributed by atoms with E-state index >= 15 is 0 Å². The third kappa shape index (κ3) is 4.50. The predicted molar refractivity (Wildman–Crippen MR) is 101 cm³/mol. The number of pyridine rings is 1. The molecule has 0 aliphatic carbocycles. The van der Waals surface area contributed by atoms with Crippen LogP contribution in [0.3, 0.4) is 0 Å². The standard InChI is InChI=1S/C17H20ClFN4O4S/c1-10-9-23(28(26,27)7-5-14(24)25)6-4-12(10)15-16(18)22-17(21-15)13-3-2-11(19)8-20-13/h2-3,8,10,12H,4-7,9H2,1H3,(H,21,22)(H,24,25)/t10-,12+/m0/s1. The quantitative estimate of drug-likeness (QED) is 0.727. The number of imidazole rings is 1. The fourth-order valence-electron chi connectivity index (χ4n) is 3.38. The molecule has 1 fully saturated rings. The van der Waals surface area contributed by atoms with Gasteiger partial charge in [0.2, 0.25) is 10.0 Å². The van der Waals surface area contributed by atoms with E-state index in [-0.39, 0.29) is 30.1 Å². The van der Waals surface area contributed by atoms with E-state index in [1.165, 1.54) is 16.4 Å². The number of piperidine rings is 1. The minimum atomic E-state index is -3.62. The van der Waals surface area contributed by atoms with Gasteiger partial charge in [-0.2, -0.15) is 0 Å². The third-order valence-electron chi connectivity index (χ3n) is 4.86. The highest BCUT2D eigenvalue weighted by molar-refractivity contribution is 7.89.